The van der Waals surface area contributed by atoms with Crippen molar-refractivity contribution in [2.45, 2.75) is 50.7 Å². The van der Waals surface area contributed by atoms with Gasteiger partial charge in [-0.2, -0.15) is 0 Å². The second kappa shape index (κ2) is 4.91. The van der Waals surface area contributed by atoms with Crippen molar-refractivity contribution < 1.29 is 9.47 Å². The van der Waals surface area contributed by atoms with Gasteiger partial charge in [0.15, 0.2) is 6.29 Å². The van der Waals surface area contributed by atoms with Crippen molar-refractivity contribution >= 4 is 0 Å². The molecule has 0 aromatic rings. The largest absolute Gasteiger partial charge is 0.354 e. The SMILES string of the molecule is CCC(N)C1CC[C@@H](N)[C@@H](OC)O1. The smallest absolute Gasteiger partial charge is 0.172 e. The number of rotatable bonds is 3. The first-order chi connectivity index (χ1) is 6.19. The fourth-order valence-electron chi connectivity index (χ4n) is 1.64. The molecule has 13 heavy (non-hydrogen) atoms. The first-order valence-corrected chi connectivity index (χ1v) is 4.88. The molecule has 4 atom stereocenters. The van der Waals surface area contributed by atoms with E-state index in [0.29, 0.717) is 0 Å². The van der Waals surface area contributed by atoms with Crippen molar-refractivity contribution in [3.8, 4) is 0 Å². The molecule has 0 amide bonds. The summed E-state index contributed by atoms with van der Waals surface area (Å²) in [6.07, 6.45) is 2.62. The molecule has 0 spiro atoms. The van der Waals surface area contributed by atoms with Gasteiger partial charge >= 0.3 is 0 Å². The summed E-state index contributed by atoms with van der Waals surface area (Å²) in [4.78, 5) is 0. The molecule has 1 aliphatic heterocycles. The van der Waals surface area contributed by atoms with Gasteiger partial charge in [-0.05, 0) is 19.3 Å². The van der Waals surface area contributed by atoms with Gasteiger partial charge in [0.1, 0.15) is 0 Å². The Morgan fingerprint density at radius 1 is 1.54 bits per heavy atom. The lowest BCUT2D eigenvalue weighted by atomic mass is 9.98. The third-order valence-corrected chi connectivity index (χ3v) is 2.62. The third-order valence-electron chi connectivity index (χ3n) is 2.62. The van der Waals surface area contributed by atoms with E-state index >= 15 is 0 Å². The third kappa shape index (κ3) is 2.64. The van der Waals surface area contributed by atoms with Gasteiger partial charge in [-0.1, -0.05) is 6.92 Å². The van der Waals surface area contributed by atoms with Crippen LogP contribution in [0.1, 0.15) is 26.2 Å². The Labute approximate surface area is 79.6 Å². The van der Waals surface area contributed by atoms with Crippen molar-refractivity contribution in [3.05, 3.63) is 0 Å². The van der Waals surface area contributed by atoms with Gasteiger partial charge in [0.25, 0.3) is 0 Å². The minimum Gasteiger partial charge on any atom is -0.354 e. The monoisotopic (exact) mass is 188 g/mol. The lowest BCUT2D eigenvalue weighted by Gasteiger charge is -2.35. The molecule has 4 nitrogen and oxygen atoms in total. The zero-order valence-electron chi connectivity index (χ0n) is 8.40. The molecule has 0 saturated carbocycles. The van der Waals surface area contributed by atoms with E-state index in [1.54, 1.807) is 7.11 Å². The molecule has 1 heterocycles. The van der Waals surface area contributed by atoms with Crippen LogP contribution in [0.3, 0.4) is 0 Å². The molecule has 0 bridgehead atoms. The minimum absolute atomic E-state index is 0.00898. The first-order valence-electron chi connectivity index (χ1n) is 4.88. The maximum atomic E-state index is 5.89. The molecule has 2 unspecified atom stereocenters. The van der Waals surface area contributed by atoms with Crippen LogP contribution in [0.5, 0.6) is 0 Å². The number of hydrogen-bond donors (Lipinski definition) is 2. The predicted molar refractivity (Wildman–Crippen MR) is 51.1 cm³/mol. The molecule has 0 aromatic heterocycles. The van der Waals surface area contributed by atoms with E-state index in [0.717, 1.165) is 19.3 Å². The summed E-state index contributed by atoms with van der Waals surface area (Å²) >= 11 is 0. The van der Waals surface area contributed by atoms with Crippen molar-refractivity contribution in [1.29, 1.82) is 0 Å². The lowest BCUT2D eigenvalue weighted by Crippen LogP contribution is -2.50. The van der Waals surface area contributed by atoms with E-state index < -0.39 is 0 Å². The van der Waals surface area contributed by atoms with Crippen LogP contribution in [0, 0.1) is 0 Å². The number of ether oxygens (including phenoxy) is 2. The molecule has 1 rings (SSSR count). The number of nitrogens with two attached hydrogens (primary N) is 2. The van der Waals surface area contributed by atoms with Crippen LogP contribution < -0.4 is 11.5 Å². The maximum absolute atomic E-state index is 5.89. The summed E-state index contributed by atoms with van der Waals surface area (Å²) in [6, 6.07) is 0.0930. The molecular weight excluding hydrogens is 168 g/mol. The van der Waals surface area contributed by atoms with Gasteiger partial charge in [-0.25, -0.2) is 0 Å². The summed E-state index contributed by atoms with van der Waals surface area (Å²) in [5.41, 5.74) is 11.7. The molecule has 0 aliphatic carbocycles. The Hall–Kier alpha value is -0.160. The van der Waals surface area contributed by atoms with Gasteiger partial charge < -0.3 is 20.9 Å². The summed E-state index contributed by atoms with van der Waals surface area (Å²) in [5, 5.41) is 0. The van der Waals surface area contributed by atoms with Crippen LogP contribution in [0.2, 0.25) is 0 Å². The Kier molecular flexibility index (Phi) is 4.12. The fraction of sp³-hybridized carbons (Fsp3) is 1.00. The molecule has 4 N–H and O–H groups in total. The molecule has 1 fully saturated rings. The minimum atomic E-state index is -0.281. The fourth-order valence-corrected chi connectivity index (χ4v) is 1.64. The van der Waals surface area contributed by atoms with Crippen molar-refractivity contribution in [2.24, 2.45) is 11.5 Å². The van der Waals surface area contributed by atoms with E-state index in [2.05, 4.69) is 6.92 Å². The number of hydrogen-bond acceptors (Lipinski definition) is 4. The average Bonchev–Trinajstić information content (AvgIpc) is 2.17. The molecule has 4 heteroatoms. The lowest BCUT2D eigenvalue weighted by molar-refractivity contribution is -0.193. The summed E-state index contributed by atoms with van der Waals surface area (Å²) in [6.45, 7) is 2.06. The maximum Gasteiger partial charge on any atom is 0.172 e. The topological polar surface area (TPSA) is 70.5 Å². The van der Waals surface area contributed by atoms with Gasteiger partial charge in [-0.3, -0.25) is 0 Å². The van der Waals surface area contributed by atoms with Crippen LogP contribution in [-0.4, -0.2) is 31.6 Å². The van der Waals surface area contributed by atoms with Crippen LogP contribution in [0.15, 0.2) is 0 Å². The summed E-state index contributed by atoms with van der Waals surface area (Å²) in [7, 11) is 1.62. The van der Waals surface area contributed by atoms with Gasteiger partial charge in [0, 0.05) is 13.2 Å². The van der Waals surface area contributed by atoms with Crippen LogP contribution in [0.4, 0.5) is 0 Å². The average molecular weight is 188 g/mol. The first kappa shape index (κ1) is 10.9. The number of methoxy groups -OCH3 is 1. The molecule has 1 saturated heterocycles. The highest BCUT2D eigenvalue weighted by atomic mass is 16.7. The van der Waals surface area contributed by atoms with Crippen LogP contribution in [-0.2, 0) is 9.47 Å². The van der Waals surface area contributed by atoms with Gasteiger partial charge in [-0.15, -0.1) is 0 Å². The van der Waals surface area contributed by atoms with Crippen molar-refractivity contribution in [3.63, 3.8) is 0 Å². The summed E-state index contributed by atoms with van der Waals surface area (Å²) in [5.74, 6) is 0. The van der Waals surface area contributed by atoms with Gasteiger partial charge in [0.05, 0.1) is 12.1 Å². The molecule has 0 aromatic carbocycles. The Balaban J connectivity index is 2.44. The molecule has 0 radical (unpaired) electrons. The molecular formula is C9H20N2O2. The summed E-state index contributed by atoms with van der Waals surface area (Å²) < 4.78 is 10.8. The molecule has 1 aliphatic rings. The second-order valence-corrected chi connectivity index (χ2v) is 3.59. The van der Waals surface area contributed by atoms with Crippen molar-refractivity contribution in [1.82, 2.24) is 0 Å². The van der Waals surface area contributed by atoms with Crippen LogP contribution >= 0.6 is 0 Å². The van der Waals surface area contributed by atoms with Gasteiger partial charge in [0.2, 0.25) is 0 Å². The Morgan fingerprint density at radius 2 is 2.23 bits per heavy atom. The second-order valence-electron chi connectivity index (χ2n) is 3.59. The van der Waals surface area contributed by atoms with E-state index in [1.165, 1.54) is 0 Å². The molecule has 78 valence electrons. The highest BCUT2D eigenvalue weighted by molar-refractivity contribution is 4.81. The quantitative estimate of drug-likeness (QED) is 0.664. The normalized spacial score (nSPS) is 37.4. The Morgan fingerprint density at radius 3 is 2.77 bits per heavy atom. The highest BCUT2D eigenvalue weighted by Crippen LogP contribution is 2.21. The van der Waals surface area contributed by atoms with Crippen molar-refractivity contribution in [2.75, 3.05) is 7.11 Å². The zero-order valence-corrected chi connectivity index (χ0v) is 8.40. The van der Waals surface area contributed by atoms with E-state index in [9.17, 15) is 0 Å². The van der Waals surface area contributed by atoms with E-state index in [-0.39, 0.29) is 24.5 Å². The van der Waals surface area contributed by atoms with E-state index in [4.69, 9.17) is 20.9 Å². The van der Waals surface area contributed by atoms with E-state index in [1.807, 2.05) is 0 Å². The van der Waals surface area contributed by atoms with Crippen LogP contribution in [0.25, 0.3) is 0 Å². The zero-order chi connectivity index (χ0) is 9.84. The highest BCUT2D eigenvalue weighted by Gasteiger charge is 2.31. The Bertz CT molecular complexity index is 155. The predicted octanol–water partition coefficient (Wildman–Crippen LogP) is 0.203. The standard InChI is InChI=1S/C9H20N2O2/c1-3-6(10)8-5-4-7(11)9(12-2)13-8/h6-9H,3-5,10-11H2,1-2H3/t6?,7-,8?,9+/m1/s1.